The van der Waals surface area contributed by atoms with Crippen LogP contribution in [0.25, 0.3) is 6.08 Å². The second kappa shape index (κ2) is 11.2. The number of halogens is 3. The molecule has 0 aliphatic rings. The van der Waals surface area contributed by atoms with Crippen LogP contribution in [0.1, 0.15) is 37.8 Å². The van der Waals surface area contributed by atoms with Crippen LogP contribution in [0.4, 0.5) is 13.2 Å². The van der Waals surface area contributed by atoms with E-state index in [9.17, 15) is 26.4 Å². The lowest BCUT2D eigenvalue weighted by molar-refractivity contribution is -0.144. The van der Waals surface area contributed by atoms with Crippen molar-refractivity contribution < 1.29 is 39.7 Å². The van der Waals surface area contributed by atoms with Crippen molar-refractivity contribution in [2.45, 2.75) is 56.4 Å². The molecular weight excluding hydrogens is 513 g/mol. The number of rotatable bonds is 9. The zero-order chi connectivity index (χ0) is 27.4. The first-order valence-electron chi connectivity index (χ1n) is 11.1. The van der Waals surface area contributed by atoms with Gasteiger partial charge in [0, 0.05) is 0 Å². The molecule has 0 fully saturated rings. The first-order valence-corrected chi connectivity index (χ1v) is 15.4. The topological polar surface area (TPSA) is 78.9 Å². The third-order valence-electron chi connectivity index (χ3n) is 6.03. The highest BCUT2D eigenvalue weighted by Crippen LogP contribution is 2.40. The average Bonchev–Trinajstić information content (AvgIpc) is 2.77. The van der Waals surface area contributed by atoms with Gasteiger partial charge in [-0.05, 0) is 41.4 Å². The van der Waals surface area contributed by atoms with Gasteiger partial charge in [-0.15, -0.1) is 0 Å². The number of ether oxygens (including phenoxy) is 1. The number of carbonyl (C=O) groups excluding carboxylic acids is 1. The van der Waals surface area contributed by atoms with E-state index in [1.54, 1.807) is 6.08 Å². The summed E-state index contributed by atoms with van der Waals surface area (Å²) in [6.07, 6.45) is 2.81. The second-order valence-corrected chi connectivity index (χ2v) is 16.0. The van der Waals surface area contributed by atoms with Crippen molar-refractivity contribution in [1.82, 2.24) is 0 Å². The van der Waals surface area contributed by atoms with Crippen LogP contribution in [-0.4, -0.2) is 41.4 Å². The molecule has 2 rings (SSSR count). The highest BCUT2D eigenvalue weighted by molar-refractivity contribution is 7.88. The molecule has 0 saturated carbocycles. The minimum atomic E-state index is -5.82. The summed E-state index contributed by atoms with van der Waals surface area (Å²) in [7, 11) is -7.01. The molecule has 0 saturated heterocycles. The summed E-state index contributed by atoms with van der Waals surface area (Å²) in [5.74, 6) is -2.13. The molecule has 2 atom stereocenters. The van der Waals surface area contributed by atoms with Crippen LogP contribution in [0, 0.1) is 0 Å². The second-order valence-electron chi connectivity index (χ2n) is 9.67. The maximum atomic E-state index is 12.9. The van der Waals surface area contributed by atoms with Gasteiger partial charge in [0.15, 0.2) is 8.32 Å². The van der Waals surface area contributed by atoms with Crippen LogP contribution in [0.2, 0.25) is 18.1 Å². The Labute approximate surface area is 211 Å². The standard InChI is InChI=1S/C25H31F3O6SSi/c1-24(2,3)36(5,6)34-21(17-12-18-10-8-7-9-11-18)22(23(29)32-4)19-13-15-20(16-14-19)33-35(30,31)25(26,27)28/h7-17,21-22H,1-6H3/b17-12+/t21-,22+/m1/s1. The molecule has 0 aliphatic carbocycles. The fourth-order valence-corrected chi connectivity index (χ4v) is 4.70. The Bertz CT molecular complexity index is 1160. The first kappa shape index (κ1) is 29.6. The van der Waals surface area contributed by atoms with E-state index in [-0.39, 0.29) is 5.04 Å². The lowest BCUT2D eigenvalue weighted by atomic mass is 9.92. The van der Waals surface area contributed by atoms with E-state index in [0.717, 1.165) is 17.7 Å². The van der Waals surface area contributed by atoms with Gasteiger partial charge in [-0.25, -0.2) is 0 Å². The van der Waals surface area contributed by atoms with E-state index in [1.165, 1.54) is 19.2 Å². The smallest absolute Gasteiger partial charge is 0.468 e. The zero-order valence-electron chi connectivity index (χ0n) is 21.0. The highest BCUT2D eigenvalue weighted by Gasteiger charge is 2.48. The molecule has 6 nitrogen and oxygen atoms in total. The maximum absolute atomic E-state index is 12.9. The predicted octanol–water partition coefficient (Wildman–Crippen LogP) is 6.28. The third kappa shape index (κ3) is 7.44. The van der Waals surface area contributed by atoms with Gasteiger partial charge in [0.2, 0.25) is 0 Å². The number of hydrogen-bond acceptors (Lipinski definition) is 6. The minimum Gasteiger partial charge on any atom is -0.468 e. The number of carbonyl (C=O) groups is 1. The van der Waals surface area contributed by atoms with Crippen LogP contribution in [-0.2, 0) is 24.1 Å². The first-order chi connectivity index (χ1) is 16.5. The quantitative estimate of drug-likeness (QED) is 0.160. The van der Waals surface area contributed by atoms with Crippen molar-refractivity contribution in [3.05, 3.63) is 71.8 Å². The molecule has 0 radical (unpaired) electrons. The summed E-state index contributed by atoms with van der Waals surface area (Å²) >= 11 is 0. The fourth-order valence-electron chi connectivity index (χ4n) is 3.00. The Hall–Kier alpha value is -2.63. The van der Waals surface area contributed by atoms with E-state index in [0.29, 0.717) is 5.56 Å². The van der Waals surface area contributed by atoms with Gasteiger partial charge in [0.1, 0.15) is 11.7 Å². The molecule has 0 unspecified atom stereocenters. The lowest BCUT2D eigenvalue weighted by Crippen LogP contribution is -2.46. The van der Waals surface area contributed by atoms with Gasteiger partial charge in [-0.3, -0.25) is 4.79 Å². The number of benzene rings is 2. The Morgan fingerprint density at radius 2 is 1.53 bits per heavy atom. The molecule has 0 spiro atoms. The number of alkyl halides is 3. The molecule has 0 bridgehead atoms. The molecule has 0 heterocycles. The van der Waals surface area contributed by atoms with Crippen LogP contribution < -0.4 is 4.18 Å². The Morgan fingerprint density at radius 1 is 0.972 bits per heavy atom. The number of hydrogen-bond donors (Lipinski definition) is 0. The van der Waals surface area contributed by atoms with Gasteiger partial charge < -0.3 is 13.3 Å². The summed E-state index contributed by atoms with van der Waals surface area (Å²) < 4.78 is 76.5. The average molecular weight is 545 g/mol. The molecule has 36 heavy (non-hydrogen) atoms. The van der Waals surface area contributed by atoms with Crippen molar-refractivity contribution in [2.75, 3.05) is 7.11 Å². The molecule has 0 N–H and O–H groups in total. The van der Waals surface area contributed by atoms with Crippen molar-refractivity contribution >= 4 is 30.5 Å². The number of methoxy groups -OCH3 is 1. The van der Waals surface area contributed by atoms with Gasteiger partial charge >= 0.3 is 21.6 Å². The Morgan fingerprint density at radius 3 is 2.00 bits per heavy atom. The Kier molecular flexibility index (Phi) is 9.19. The molecule has 11 heteroatoms. The van der Waals surface area contributed by atoms with Crippen LogP contribution in [0.15, 0.2) is 60.7 Å². The monoisotopic (exact) mass is 544 g/mol. The Balaban J connectivity index is 2.51. The lowest BCUT2D eigenvalue weighted by Gasteiger charge is -2.40. The van der Waals surface area contributed by atoms with Crippen molar-refractivity contribution in [3.8, 4) is 5.75 Å². The minimum absolute atomic E-state index is 0.184. The van der Waals surface area contributed by atoms with E-state index in [2.05, 4.69) is 25.0 Å². The van der Waals surface area contributed by atoms with Crippen molar-refractivity contribution in [1.29, 1.82) is 0 Å². The summed E-state index contributed by atoms with van der Waals surface area (Å²) in [6, 6.07) is 14.1. The molecule has 2 aromatic carbocycles. The van der Waals surface area contributed by atoms with Gasteiger partial charge in [0.25, 0.3) is 0 Å². The van der Waals surface area contributed by atoms with E-state index < -0.39 is 47.7 Å². The molecule has 0 aromatic heterocycles. The summed E-state index contributed by atoms with van der Waals surface area (Å²) in [5, 5.41) is -0.184. The molecule has 0 aliphatic heterocycles. The normalized spacial score (nSPS) is 14.9. The zero-order valence-corrected chi connectivity index (χ0v) is 22.8. The summed E-state index contributed by atoms with van der Waals surface area (Å²) in [4.78, 5) is 12.9. The van der Waals surface area contributed by atoms with E-state index >= 15 is 0 Å². The summed E-state index contributed by atoms with van der Waals surface area (Å²) in [5.41, 5.74) is -4.32. The number of esters is 1. The molecule has 198 valence electrons. The molecule has 2 aromatic rings. The molecule has 0 amide bonds. The van der Waals surface area contributed by atoms with E-state index in [1.807, 2.05) is 49.5 Å². The predicted molar refractivity (Wildman–Crippen MR) is 134 cm³/mol. The fraction of sp³-hybridized carbons (Fsp3) is 0.400. The van der Waals surface area contributed by atoms with Crippen molar-refractivity contribution in [2.24, 2.45) is 0 Å². The van der Waals surface area contributed by atoms with Gasteiger partial charge in [-0.2, -0.15) is 21.6 Å². The van der Waals surface area contributed by atoms with Crippen LogP contribution in [0.3, 0.4) is 0 Å². The summed E-state index contributed by atoms with van der Waals surface area (Å²) in [6.45, 7) is 10.2. The van der Waals surface area contributed by atoms with Crippen LogP contribution in [0.5, 0.6) is 5.75 Å². The van der Waals surface area contributed by atoms with E-state index in [4.69, 9.17) is 9.16 Å². The van der Waals surface area contributed by atoms with Gasteiger partial charge in [-0.1, -0.05) is 75.4 Å². The van der Waals surface area contributed by atoms with Gasteiger partial charge in [0.05, 0.1) is 13.2 Å². The third-order valence-corrected chi connectivity index (χ3v) is 11.5. The van der Waals surface area contributed by atoms with Crippen molar-refractivity contribution in [3.63, 3.8) is 0 Å². The van der Waals surface area contributed by atoms with Crippen LogP contribution >= 0.6 is 0 Å². The molecular formula is C25H31F3O6SSi. The largest absolute Gasteiger partial charge is 0.534 e. The SMILES string of the molecule is COC(=O)[C@@H](c1ccc(OS(=O)(=O)C(F)(F)F)cc1)[C@@H](/C=C/c1ccccc1)O[Si](C)(C)C(C)(C)C. The maximum Gasteiger partial charge on any atom is 0.534 e. The highest BCUT2D eigenvalue weighted by atomic mass is 32.2.